The zero-order chi connectivity index (χ0) is 28.8. The zero-order valence-corrected chi connectivity index (χ0v) is 23.3. The minimum absolute atomic E-state index is 0.0152. The summed E-state index contributed by atoms with van der Waals surface area (Å²) in [7, 11) is 0. The first-order valence-electron chi connectivity index (χ1n) is 13.3. The van der Waals surface area contributed by atoms with E-state index in [1.807, 2.05) is 78.9 Å². The predicted molar refractivity (Wildman–Crippen MR) is 158 cm³/mol. The summed E-state index contributed by atoms with van der Waals surface area (Å²) in [6.07, 6.45) is -1.05. The number of aliphatic hydroxyl groups excluding tert-OH is 1. The first-order chi connectivity index (χ1) is 19.9. The van der Waals surface area contributed by atoms with Gasteiger partial charge in [-0.1, -0.05) is 61.5 Å². The highest BCUT2D eigenvalue weighted by Crippen LogP contribution is 2.43. The third-order valence-corrected chi connectivity index (χ3v) is 8.22. The van der Waals surface area contributed by atoms with Gasteiger partial charge in [0.25, 0.3) is 5.91 Å². The van der Waals surface area contributed by atoms with Crippen molar-refractivity contribution in [1.29, 1.82) is 0 Å². The maximum absolute atomic E-state index is 12.6. The summed E-state index contributed by atoms with van der Waals surface area (Å²) >= 11 is 1.60. The Morgan fingerprint density at radius 3 is 2.10 bits per heavy atom. The highest BCUT2D eigenvalue weighted by Gasteiger charge is 2.38. The molecule has 4 atom stereocenters. The van der Waals surface area contributed by atoms with Crippen molar-refractivity contribution in [3.63, 3.8) is 0 Å². The lowest BCUT2D eigenvalue weighted by Gasteiger charge is -2.41. The van der Waals surface area contributed by atoms with Crippen LogP contribution in [0.5, 0.6) is 0 Å². The fraction of sp³-hybridized carbons (Fsp3) is 0.212. The Kier molecular flexibility index (Phi) is 9.16. The number of nitrogens with one attached hydrogen (secondary N) is 1. The molecule has 0 bridgehead atoms. The summed E-state index contributed by atoms with van der Waals surface area (Å²) < 4.78 is 13.0. The molecule has 4 aromatic carbocycles. The van der Waals surface area contributed by atoms with E-state index in [-0.39, 0.29) is 36.2 Å². The van der Waals surface area contributed by atoms with Crippen LogP contribution >= 0.6 is 11.8 Å². The third-order valence-electron chi connectivity index (χ3n) is 7.12. The van der Waals surface area contributed by atoms with Gasteiger partial charge < -0.3 is 25.0 Å². The van der Waals surface area contributed by atoms with Gasteiger partial charge in [-0.3, -0.25) is 4.79 Å². The molecule has 1 saturated heterocycles. The topological polar surface area (TPSA) is 105 Å². The summed E-state index contributed by atoms with van der Waals surface area (Å²) in [5.41, 5.74) is 4.15. The number of rotatable bonds is 9. The smallest absolute Gasteiger partial charge is 0.335 e. The lowest BCUT2D eigenvalue weighted by molar-refractivity contribution is -0.268. The van der Waals surface area contributed by atoms with Gasteiger partial charge in [0.2, 0.25) is 0 Å². The maximum Gasteiger partial charge on any atom is 0.335 e. The van der Waals surface area contributed by atoms with Crippen molar-refractivity contribution >= 4 is 29.3 Å². The van der Waals surface area contributed by atoms with Crippen molar-refractivity contribution in [3.8, 4) is 0 Å². The van der Waals surface area contributed by atoms with Gasteiger partial charge in [-0.25, -0.2) is 4.79 Å². The average Bonchev–Trinajstić information content (AvgIpc) is 3.01. The molecule has 0 aliphatic carbocycles. The van der Waals surface area contributed by atoms with Gasteiger partial charge in [0, 0.05) is 33.4 Å². The van der Waals surface area contributed by atoms with Gasteiger partial charge in [-0.05, 0) is 59.7 Å². The molecular weight excluding hydrogens is 538 g/mol. The summed E-state index contributed by atoms with van der Waals surface area (Å²) in [5.74, 6) is -0.477. The molecule has 0 spiro atoms. The molecule has 4 aromatic rings. The van der Waals surface area contributed by atoms with Crippen molar-refractivity contribution < 1.29 is 29.3 Å². The Balaban J connectivity index is 1.33. The summed E-state index contributed by atoms with van der Waals surface area (Å²) in [6.45, 7) is 2.07. The van der Waals surface area contributed by atoms with Crippen molar-refractivity contribution in [2.24, 2.45) is 5.92 Å². The van der Waals surface area contributed by atoms with Crippen LogP contribution in [0.4, 0.5) is 5.69 Å². The van der Waals surface area contributed by atoms with E-state index in [4.69, 9.17) is 9.47 Å². The van der Waals surface area contributed by atoms with E-state index < -0.39 is 12.3 Å². The number of ether oxygens (including phenoxy) is 2. The fourth-order valence-corrected chi connectivity index (χ4v) is 5.77. The van der Waals surface area contributed by atoms with Gasteiger partial charge in [0.1, 0.15) is 0 Å². The van der Waals surface area contributed by atoms with Crippen LogP contribution in [0.2, 0.25) is 0 Å². The summed E-state index contributed by atoms with van der Waals surface area (Å²) in [4.78, 5) is 24.7. The second-order valence-corrected chi connectivity index (χ2v) is 11.0. The molecule has 41 heavy (non-hydrogen) atoms. The van der Waals surface area contributed by atoms with Crippen molar-refractivity contribution in [1.82, 2.24) is 0 Å². The largest absolute Gasteiger partial charge is 0.478 e. The Morgan fingerprint density at radius 2 is 1.46 bits per heavy atom. The number of hydrogen-bond acceptors (Lipinski definition) is 6. The maximum atomic E-state index is 12.6. The number of thioether (sulfide) groups is 1. The SMILES string of the molecule is CC1C(CSc2ccc(C(=O)O)cc2)OC(c2ccc(NC(=O)c3ccccc3)cc2)OC1c1ccc(CO)cc1. The van der Waals surface area contributed by atoms with Crippen molar-refractivity contribution in [2.45, 2.75) is 36.9 Å². The fourth-order valence-electron chi connectivity index (χ4n) is 4.70. The number of amides is 1. The van der Waals surface area contributed by atoms with Gasteiger partial charge in [0.15, 0.2) is 6.29 Å². The van der Waals surface area contributed by atoms with Gasteiger partial charge in [-0.2, -0.15) is 0 Å². The standard InChI is InChI=1S/C33H31NO6S/c1-21-29(20-41-28-17-13-25(14-18-28)32(37)38)39-33(40-30(21)23-9-7-22(19-35)8-10-23)26-11-15-27(16-12-26)34-31(36)24-5-3-2-4-6-24/h2-18,21,29-30,33,35H,19-20H2,1H3,(H,34,36)(H,37,38). The van der Waals surface area contributed by atoms with E-state index in [2.05, 4.69) is 12.2 Å². The highest BCUT2D eigenvalue weighted by atomic mass is 32.2. The third kappa shape index (κ3) is 7.04. The van der Waals surface area contributed by atoms with Gasteiger partial charge in [-0.15, -0.1) is 11.8 Å². The number of carboxylic acids is 1. The minimum Gasteiger partial charge on any atom is -0.478 e. The van der Waals surface area contributed by atoms with Crippen LogP contribution in [0.1, 0.15) is 56.7 Å². The summed E-state index contributed by atoms with van der Waals surface area (Å²) in [6, 6.07) is 31.1. The molecular formula is C33H31NO6S. The van der Waals surface area contributed by atoms with Gasteiger partial charge in [0.05, 0.1) is 24.4 Å². The van der Waals surface area contributed by atoms with Gasteiger partial charge >= 0.3 is 5.97 Å². The van der Waals surface area contributed by atoms with E-state index in [0.29, 0.717) is 17.0 Å². The first kappa shape index (κ1) is 28.6. The van der Waals surface area contributed by atoms with Crippen LogP contribution in [-0.2, 0) is 16.1 Å². The number of aliphatic hydroxyl groups is 1. The number of hydrogen-bond donors (Lipinski definition) is 3. The van der Waals surface area contributed by atoms with Crippen molar-refractivity contribution in [2.75, 3.05) is 11.1 Å². The van der Waals surface area contributed by atoms with Crippen LogP contribution in [-0.4, -0.2) is 33.9 Å². The summed E-state index contributed by atoms with van der Waals surface area (Å²) in [5, 5.41) is 21.6. The monoisotopic (exact) mass is 569 g/mol. The molecule has 0 radical (unpaired) electrons. The molecule has 1 fully saturated rings. The van der Waals surface area contributed by atoms with Crippen LogP contribution < -0.4 is 5.32 Å². The van der Waals surface area contributed by atoms with E-state index in [0.717, 1.165) is 21.6 Å². The van der Waals surface area contributed by atoms with E-state index in [1.54, 1.807) is 36.0 Å². The Bertz CT molecular complexity index is 1460. The molecule has 3 N–H and O–H groups in total. The lowest BCUT2D eigenvalue weighted by Crippen LogP contribution is -2.38. The molecule has 4 unspecified atom stereocenters. The van der Waals surface area contributed by atoms with E-state index in [1.165, 1.54) is 0 Å². The minimum atomic E-state index is -0.952. The molecule has 1 aliphatic heterocycles. The molecule has 0 saturated carbocycles. The molecule has 1 heterocycles. The molecule has 5 rings (SSSR count). The molecule has 0 aromatic heterocycles. The second kappa shape index (κ2) is 13.1. The number of aromatic carboxylic acids is 1. The normalized spacial score (nSPS) is 20.3. The number of carboxylic acid groups (broad SMARTS) is 1. The lowest BCUT2D eigenvalue weighted by atomic mass is 9.91. The van der Waals surface area contributed by atoms with Crippen molar-refractivity contribution in [3.05, 3.63) is 131 Å². The zero-order valence-electron chi connectivity index (χ0n) is 22.5. The highest BCUT2D eigenvalue weighted by molar-refractivity contribution is 7.99. The van der Waals surface area contributed by atoms with Crippen LogP contribution in [0, 0.1) is 5.92 Å². The molecule has 210 valence electrons. The van der Waals surface area contributed by atoms with Crippen LogP contribution in [0.15, 0.2) is 108 Å². The Morgan fingerprint density at radius 1 is 0.805 bits per heavy atom. The quantitative estimate of drug-likeness (QED) is 0.192. The number of anilines is 1. The molecule has 1 aliphatic rings. The Hall–Kier alpha value is -3.95. The Labute approximate surface area is 243 Å². The van der Waals surface area contributed by atoms with Crippen LogP contribution in [0.25, 0.3) is 0 Å². The predicted octanol–water partition coefficient (Wildman–Crippen LogP) is 6.71. The second-order valence-electron chi connectivity index (χ2n) is 9.90. The average molecular weight is 570 g/mol. The molecule has 7 nitrogen and oxygen atoms in total. The molecule has 1 amide bonds. The van der Waals surface area contributed by atoms with Crippen LogP contribution in [0.3, 0.4) is 0 Å². The van der Waals surface area contributed by atoms with E-state index >= 15 is 0 Å². The van der Waals surface area contributed by atoms with E-state index in [9.17, 15) is 19.8 Å². The number of carbonyl (C=O) groups excluding carboxylic acids is 1. The molecule has 8 heteroatoms. The first-order valence-corrected chi connectivity index (χ1v) is 14.3. The number of benzene rings is 4. The number of carbonyl (C=O) groups is 2.